The lowest BCUT2D eigenvalue weighted by Crippen LogP contribution is -2.43. The van der Waals surface area contributed by atoms with Crippen molar-refractivity contribution in [1.29, 1.82) is 0 Å². The number of carbonyl (C=O) groups excluding carboxylic acids is 4. The van der Waals surface area contributed by atoms with E-state index in [0.29, 0.717) is 12.8 Å². The zero-order valence-electron chi connectivity index (χ0n) is 13.3. The maximum absolute atomic E-state index is 11.7. The number of nitrogens with one attached hydrogen (secondary N) is 1. The summed E-state index contributed by atoms with van der Waals surface area (Å²) in [6.45, 7) is 6.77. The Balaban J connectivity index is 2.45. The molecule has 7 heteroatoms. The van der Waals surface area contributed by atoms with Crippen LogP contribution in [-0.4, -0.2) is 46.8 Å². The average Bonchev–Trinajstić information content (AvgIpc) is 2.66. The first-order chi connectivity index (χ1) is 10.1. The Morgan fingerprint density at radius 2 is 1.77 bits per heavy atom. The minimum absolute atomic E-state index is 0.206. The number of ketones is 1. The highest BCUT2D eigenvalue weighted by atomic mass is 16.6. The first kappa shape index (κ1) is 17.9. The fourth-order valence-corrected chi connectivity index (χ4v) is 1.93. The van der Waals surface area contributed by atoms with Gasteiger partial charge in [-0.1, -0.05) is 0 Å². The Hall–Kier alpha value is -2.18. The number of hydrogen-bond acceptors (Lipinski definition) is 5. The predicted octanol–water partition coefficient (Wildman–Crippen LogP) is 1.17. The van der Waals surface area contributed by atoms with E-state index in [1.165, 1.54) is 19.1 Å². The number of amides is 3. The SMILES string of the molecule is CC(=O)[C@H](CCCN1C(=O)C=CC1=O)NC(=O)OC(C)(C)C. The van der Waals surface area contributed by atoms with Crippen LogP contribution in [0.4, 0.5) is 4.79 Å². The maximum Gasteiger partial charge on any atom is 0.408 e. The first-order valence-electron chi connectivity index (χ1n) is 7.13. The molecule has 3 amide bonds. The summed E-state index contributed by atoms with van der Waals surface area (Å²) in [4.78, 5) is 47.1. The Labute approximate surface area is 129 Å². The van der Waals surface area contributed by atoms with Gasteiger partial charge in [0.25, 0.3) is 11.8 Å². The largest absolute Gasteiger partial charge is 0.444 e. The second kappa shape index (κ2) is 7.20. The van der Waals surface area contributed by atoms with Gasteiger partial charge >= 0.3 is 6.09 Å². The summed E-state index contributed by atoms with van der Waals surface area (Å²) in [6.07, 6.45) is 2.50. The van der Waals surface area contributed by atoms with Gasteiger partial charge in [-0.3, -0.25) is 19.3 Å². The van der Waals surface area contributed by atoms with Crippen molar-refractivity contribution < 1.29 is 23.9 Å². The summed E-state index contributed by atoms with van der Waals surface area (Å²) in [5.74, 6) is -0.919. The van der Waals surface area contributed by atoms with E-state index in [2.05, 4.69) is 5.32 Å². The van der Waals surface area contributed by atoms with Gasteiger partial charge in [0, 0.05) is 18.7 Å². The third kappa shape index (κ3) is 5.67. The van der Waals surface area contributed by atoms with Gasteiger partial charge in [-0.25, -0.2) is 4.79 Å². The van der Waals surface area contributed by atoms with Crippen molar-refractivity contribution in [3.05, 3.63) is 12.2 Å². The lowest BCUT2D eigenvalue weighted by Gasteiger charge is -2.23. The normalized spacial score (nSPS) is 15.9. The van der Waals surface area contributed by atoms with Crippen molar-refractivity contribution >= 4 is 23.7 Å². The second-order valence-corrected chi connectivity index (χ2v) is 6.11. The van der Waals surface area contributed by atoms with Crippen LogP contribution >= 0.6 is 0 Å². The fraction of sp³-hybridized carbons (Fsp3) is 0.600. The smallest absolute Gasteiger partial charge is 0.408 e. The summed E-state index contributed by atoms with van der Waals surface area (Å²) >= 11 is 0. The highest BCUT2D eigenvalue weighted by Crippen LogP contribution is 2.10. The van der Waals surface area contributed by atoms with E-state index < -0.39 is 17.7 Å². The van der Waals surface area contributed by atoms with Crippen LogP contribution < -0.4 is 5.32 Å². The van der Waals surface area contributed by atoms with Gasteiger partial charge in [0.1, 0.15) is 5.60 Å². The van der Waals surface area contributed by atoms with E-state index in [9.17, 15) is 19.2 Å². The molecule has 1 N–H and O–H groups in total. The zero-order chi connectivity index (χ0) is 16.9. The molecule has 0 aliphatic carbocycles. The first-order valence-corrected chi connectivity index (χ1v) is 7.13. The van der Waals surface area contributed by atoms with Gasteiger partial charge in [0.2, 0.25) is 0 Å². The molecule has 0 aromatic heterocycles. The lowest BCUT2D eigenvalue weighted by molar-refractivity contribution is -0.136. The van der Waals surface area contributed by atoms with E-state index in [0.717, 1.165) is 4.90 Å². The number of nitrogens with zero attached hydrogens (tertiary/aromatic N) is 1. The molecule has 1 aliphatic rings. The van der Waals surface area contributed by atoms with Gasteiger partial charge < -0.3 is 10.1 Å². The van der Waals surface area contributed by atoms with E-state index in [-0.39, 0.29) is 24.1 Å². The number of ether oxygens (including phenoxy) is 1. The predicted molar refractivity (Wildman–Crippen MR) is 78.9 cm³/mol. The number of rotatable bonds is 6. The summed E-state index contributed by atoms with van der Waals surface area (Å²) in [6, 6.07) is -0.699. The van der Waals surface area contributed by atoms with Crippen molar-refractivity contribution in [2.75, 3.05) is 6.54 Å². The van der Waals surface area contributed by atoms with Crippen LogP contribution in [-0.2, 0) is 19.1 Å². The van der Waals surface area contributed by atoms with Crippen molar-refractivity contribution in [2.45, 2.75) is 52.2 Å². The zero-order valence-corrected chi connectivity index (χ0v) is 13.3. The molecule has 0 fully saturated rings. The quantitative estimate of drug-likeness (QED) is 0.743. The molecule has 0 aromatic rings. The Kier molecular flexibility index (Phi) is 5.84. The Bertz CT molecular complexity index is 487. The van der Waals surface area contributed by atoms with Gasteiger partial charge in [-0.15, -0.1) is 0 Å². The molecule has 0 saturated heterocycles. The van der Waals surface area contributed by atoms with Crippen LogP contribution in [0, 0.1) is 0 Å². The number of Topliss-reactive ketones (excluding diaryl/α,β-unsaturated/α-hetero) is 1. The highest BCUT2D eigenvalue weighted by molar-refractivity contribution is 6.12. The monoisotopic (exact) mass is 310 g/mol. The van der Waals surface area contributed by atoms with Crippen LogP contribution in [0.25, 0.3) is 0 Å². The molecule has 0 saturated carbocycles. The molecule has 0 bridgehead atoms. The van der Waals surface area contributed by atoms with Crippen molar-refractivity contribution in [3.8, 4) is 0 Å². The molecule has 0 spiro atoms. The minimum Gasteiger partial charge on any atom is -0.444 e. The fourth-order valence-electron chi connectivity index (χ4n) is 1.93. The summed E-state index contributed by atoms with van der Waals surface area (Å²) in [5, 5.41) is 2.51. The van der Waals surface area contributed by atoms with Crippen molar-refractivity contribution in [2.24, 2.45) is 0 Å². The highest BCUT2D eigenvalue weighted by Gasteiger charge is 2.25. The molecule has 22 heavy (non-hydrogen) atoms. The number of carbonyl (C=O) groups is 4. The molecule has 7 nitrogen and oxygen atoms in total. The molecule has 122 valence electrons. The van der Waals surface area contributed by atoms with Crippen LogP contribution in [0.1, 0.15) is 40.5 Å². The number of imide groups is 1. The molecule has 0 aromatic carbocycles. The minimum atomic E-state index is -0.699. The number of hydrogen-bond donors (Lipinski definition) is 1. The van der Waals surface area contributed by atoms with Crippen LogP contribution in [0.3, 0.4) is 0 Å². The molecule has 1 heterocycles. The van der Waals surface area contributed by atoms with Gasteiger partial charge in [0.15, 0.2) is 5.78 Å². The summed E-state index contributed by atoms with van der Waals surface area (Å²) in [5.41, 5.74) is -0.647. The molecular weight excluding hydrogens is 288 g/mol. The third-order valence-electron chi connectivity index (χ3n) is 2.96. The Morgan fingerprint density at radius 1 is 1.23 bits per heavy atom. The van der Waals surface area contributed by atoms with E-state index in [1.54, 1.807) is 20.8 Å². The Morgan fingerprint density at radius 3 is 2.23 bits per heavy atom. The van der Waals surface area contributed by atoms with E-state index in [1.807, 2.05) is 0 Å². The molecule has 1 aliphatic heterocycles. The average molecular weight is 310 g/mol. The standard InChI is InChI=1S/C15H22N2O5/c1-10(18)11(16-14(21)22-15(2,3)4)6-5-9-17-12(19)7-8-13(17)20/h7-8,11H,5-6,9H2,1-4H3,(H,16,21)/t11-/m0/s1. The van der Waals surface area contributed by atoms with Gasteiger partial charge in [-0.05, 0) is 40.5 Å². The van der Waals surface area contributed by atoms with Crippen LogP contribution in [0.2, 0.25) is 0 Å². The molecule has 0 radical (unpaired) electrons. The second-order valence-electron chi connectivity index (χ2n) is 6.11. The molecule has 0 unspecified atom stereocenters. The van der Waals surface area contributed by atoms with Crippen molar-refractivity contribution in [1.82, 2.24) is 10.2 Å². The van der Waals surface area contributed by atoms with E-state index in [4.69, 9.17) is 4.74 Å². The van der Waals surface area contributed by atoms with Crippen LogP contribution in [0.5, 0.6) is 0 Å². The maximum atomic E-state index is 11.7. The van der Waals surface area contributed by atoms with Gasteiger partial charge in [0.05, 0.1) is 6.04 Å². The third-order valence-corrected chi connectivity index (χ3v) is 2.96. The van der Waals surface area contributed by atoms with E-state index >= 15 is 0 Å². The molecule has 1 rings (SSSR count). The molecule has 1 atom stereocenters. The van der Waals surface area contributed by atoms with Crippen LogP contribution in [0.15, 0.2) is 12.2 Å². The topological polar surface area (TPSA) is 92.8 Å². The van der Waals surface area contributed by atoms with Crippen molar-refractivity contribution in [3.63, 3.8) is 0 Å². The molecular formula is C15H22N2O5. The summed E-state index contributed by atoms with van der Waals surface area (Å²) in [7, 11) is 0. The number of alkyl carbamates (subject to hydrolysis) is 1. The lowest BCUT2D eigenvalue weighted by atomic mass is 10.1. The summed E-state index contributed by atoms with van der Waals surface area (Å²) < 4.78 is 5.10. The van der Waals surface area contributed by atoms with Gasteiger partial charge in [-0.2, -0.15) is 0 Å².